The molecule has 0 radical (unpaired) electrons. The van der Waals surface area contributed by atoms with E-state index in [-0.39, 0.29) is 17.3 Å². The molecule has 0 saturated carbocycles. The lowest BCUT2D eigenvalue weighted by atomic mass is 9.89. The van der Waals surface area contributed by atoms with Crippen LogP contribution in [-0.4, -0.2) is 28.2 Å². The molecule has 2 aromatic carbocycles. The van der Waals surface area contributed by atoms with Gasteiger partial charge in [-0.3, -0.25) is 14.9 Å². The topological polar surface area (TPSA) is 85.4 Å². The predicted molar refractivity (Wildman–Crippen MR) is 110 cm³/mol. The number of cyclic esters (lactones) is 1. The first-order valence-electron chi connectivity index (χ1n) is 9.07. The van der Waals surface area contributed by atoms with Gasteiger partial charge >= 0.3 is 5.97 Å². The van der Waals surface area contributed by atoms with Crippen molar-refractivity contribution in [1.29, 1.82) is 0 Å². The van der Waals surface area contributed by atoms with Gasteiger partial charge in [-0.25, -0.2) is 9.78 Å². The predicted octanol–water partition coefficient (Wildman–Crippen LogP) is 4.12. The van der Waals surface area contributed by atoms with Crippen molar-refractivity contribution in [3.05, 3.63) is 70.6 Å². The second kappa shape index (κ2) is 7.25. The highest BCUT2D eigenvalue weighted by Crippen LogP contribution is 2.33. The number of ketones is 1. The fraction of sp³-hybridized carbons (Fsp3) is 0.182. The highest BCUT2D eigenvalue weighted by atomic mass is 32.1. The van der Waals surface area contributed by atoms with Gasteiger partial charge in [-0.1, -0.05) is 59.9 Å². The molecule has 2 heterocycles. The smallest absolute Gasteiger partial charge is 0.339 e. The van der Waals surface area contributed by atoms with Crippen molar-refractivity contribution in [2.45, 2.75) is 25.9 Å². The molecule has 0 bridgehead atoms. The molecule has 1 aliphatic heterocycles. The normalized spacial score (nSPS) is 17.9. The molecule has 0 spiro atoms. The number of thiazole rings is 1. The summed E-state index contributed by atoms with van der Waals surface area (Å²) in [6.07, 6.45) is 0.261. The first-order chi connectivity index (χ1) is 13.9. The number of fused-ring (bicyclic) bond motifs is 1. The Bertz CT molecular complexity index is 1120. The average Bonchev–Trinajstić information content (AvgIpc) is 3.13. The fourth-order valence-corrected chi connectivity index (χ4v) is 4.17. The number of Topliss-reactive ketones (excluding diaryl/α,β-unsaturated/α-hetero) is 1. The van der Waals surface area contributed by atoms with E-state index in [1.807, 2.05) is 42.5 Å². The number of esters is 1. The number of aromatic nitrogens is 1. The Kier molecular flexibility index (Phi) is 4.76. The van der Waals surface area contributed by atoms with Crippen LogP contribution in [0.1, 0.15) is 39.4 Å². The van der Waals surface area contributed by atoms with Crippen molar-refractivity contribution in [2.75, 3.05) is 5.32 Å². The van der Waals surface area contributed by atoms with E-state index in [0.29, 0.717) is 16.1 Å². The van der Waals surface area contributed by atoms with Crippen LogP contribution in [0.3, 0.4) is 0 Å². The second-order valence-corrected chi connectivity index (χ2v) is 8.03. The summed E-state index contributed by atoms with van der Waals surface area (Å²) in [6.45, 7) is 3.04. The van der Waals surface area contributed by atoms with Crippen LogP contribution in [0, 0.1) is 0 Å². The first-order valence-corrected chi connectivity index (χ1v) is 9.89. The summed E-state index contributed by atoms with van der Waals surface area (Å²) in [5.74, 6) is -1.15. The molecule has 146 valence electrons. The van der Waals surface area contributed by atoms with Crippen LogP contribution in [0.5, 0.6) is 0 Å². The highest BCUT2D eigenvalue weighted by molar-refractivity contribution is 7.18. The van der Waals surface area contributed by atoms with Gasteiger partial charge in [0.2, 0.25) is 0 Å². The number of nitrogens with zero attached hydrogens (tertiary/aromatic N) is 1. The number of hydrogen-bond acceptors (Lipinski definition) is 6. The zero-order chi connectivity index (χ0) is 20.6. The van der Waals surface area contributed by atoms with Crippen molar-refractivity contribution < 1.29 is 19.1 Å². The number of amides is 1. The quantitative estimate of drug-likeness (QED) is 0.520. The van der Waals surface area contributed by atoms with Gasteiger partial charge < -0.3 is 4.74 Å². The second-order valence-electron chi connectivity index (χ2n) is 7.03. The Labute approximate surface area is 171 Å². The maximum atomic E-state index is 13.0. The van der Waals surface area contributed by atoms with Gasteiger partial charge in [0.15, 0.2) is 16.5 Å². The van der Waals surface area contributed by atoms with E-state index in [1.54, 1.807) is 19.1 Å². The van der Waals surface area contributed by atoms with Gasteiger partial charge in [-0.15, -0.1) is 0 Å². The minimum Gasteiger partial charge on any atom is -0.445 e. The number of carbonyl (C=O) groups is 3. The summed E-state index contributed by atoms with van der Waals surface area (Å²) in [5, 5.41) is 3.02. The van der Waals surface area contributed by atoms with E-state index in [1.165, 1.54) is 6.92 Å². The van der Waals surface area contributed by atoms with Crippen molar-refractivity contribution in [2.24, 2.45) is 0 Å². The number of ether oxygens (including phenoxy) is 1. The Morgan fingerprint density at radius 1 is 1.10 bits per heavy atom. The van der Waals surface area contributed by atoms with E-state index in [0.717, 1.165) is 22.5 Å². The van der Waals surface area contributed by atoms with Crippen LogP contribution in [0.25, 0.3) is 11.3 Å². The number of rotatable bonds is 4. The first kappa shape index (κ1) is 19.0. The fourth-order valence-electron chi connectivity index (χ4n) is 3.29. The number of hydrogen-bond donors (Lipinski definition) is 1. The van der Waals surface area contributed by atoms with Crippen LogP contribution in [0.2, 0.25) is 0 Å². The Hall–Kier alpha value is -3.32. The Morgan fingerprint density at radius 3 is 2.52 bits per heavy atom. The molecule has 7 heteroatoms. The molecule has 6 nitrogen and oxygen atoms in total. The van der Waals surface area contributed by atoms with Gasteiger partial charge in [0.25, 0.3) is 5.91 Å². The van der Waals surface area contributed by atoms with Crippen LogP contribution >= 0.6 is 11.3 Å². The van der Waals surface area contributed by atoms with Crippen LogP contribution in [0.15, 0.2) is 54.6 Å². The number of benzene rings is 2. The summed E-state index contributed by atoms with van der Waals surface area (Å²) in [4.78, 5) is 42.3. The molecular formula is C22H18N2O4S. The van der Waals surface area contributed by atoms with Crippen molar-refractivity contribution in [1.82, 2.24) is 4.98 Å². The van der Waals surface area contributed by atoms with Crippen LogP contribution in [-0.2, 0) is 16.0 Å². The van der Waals surface area contributed by atoms with Gasteiger partial charge in [-0.2, -0.15) is 0 Å². The van der Waals surface area contributed by atoms with Gasteiger partial charge in [0.05, 0.1) is 16.1 Å². The monoisotopic (exact) mass is 406 g/mol. The van der Waals surface area contributed by atoms with Gasteiger partial charge in [0.1, 0.15) is 0 Å². The highest BCUT2D eigenvalue weighted by Gasteiger charge is 2.43. The summed E-state index contributed by atoms with van der Waals surface area (Å²) < 4.78 is 5.46. The molecule has 0 saturated heterocycles. The lowest BCUT2D eigenvalue weighted by molar-refractivity contribution is -0.134. The van der Waals surface area contributed by atoms with Crippen molar-refractivity contribution in [3.63, 3.8) is 0 Å². The Balaban J connectivity index is 1.62. The molecule has 1 aliphatic rings. The van der Waals surface area contributed by atoms with E-state index < -0.39 is 17.5 Å². The summed E-state index contributed by atoms with van der Waals surface area (Å²) in [7, 11) is 0. The average molecular weight is 406 g/mol. The van der Waals surface area contributed by atoms with Gasteiger partial charge in [-0.05, 0) is 18.6 Å². The molecule has 1 N–H and O–H groups in total. The molecule has 1 amide bonds. The summed E-state index contributed by atoms with van der Waals surface area (Å²) in [6, 6.07) is 16.4. The van der Waals surface area contributed by atoms with E-state index in [9.17, 15) is 14.4 Å². The van der Waals surface area contributed by atoms with Crippen molar-refractivity contribution in [3.8, 4) is 11.3 Å². The lowest BCUT2D eigenvalue weighted by Gasteiger charge is -2.32. The third-order valence-electron chi connectivity index (χ3n) is 4.78. The standard InChI is InChI=1S/C22H18N2O4S/c1-13(25)18-17(14-8-4-3-5-9-14)23-21(29-18)24-20(27)22(2)12-15-10-6-7-11-16(15)19(26)28-22/h3-11H,12H2,1-2H3,(H,23,24,27)/t22-/m0/s1. The lowest BCUT2D eigenvalue weighted by Crippen LogP contribution is -2.48. The van der Waals surface area contributed by atoms with Gasteiger partial charge in [0, 0.05) is 18.9 Å². The van der Waals surface area contributed by atoms with E-state index >= 15 is 0 Å². The molecule has 29 heavy (non-hydrogen) atoms. The Morgan fingerprint density at radius 2 is 1.79 bits per heavy atom. The number of nitrogens with one attached hydrogen (secondary N) is 1. The van der Waals surface area contributed by atoms with Crippen molar-refractivity contribution >= 4 is 34.1 Å². The SMILES string of the molecule is CC(=O)c1sc(NC(=O)[C@]2(C)Cc3ccccc3C(=O)O2)nc1-c1ccccc1. The zero-order valence-corrected chi connectivity index (χ0v) is 16.7. The zero-order valence-electron chi connectivity index (χ0n) is 15.9. The van der Waals surface area contributed by atoms with Crippen LogP contribution < -0.4 is 5.32 Å². The molecule has 0 unspecified atom stereocenters. The molecule has 4 rings (SSSR count). The molecule has 0 aliphatic carbocycles. The minimum atomic E-state index is -1.36. The minimum absolute atomic E-state index is 0.133. The summed E-state index contributed by atoms with van der Waals surface area (Å²) >= 11 is 1.11. The molecule has 1 atom stereocenters. The third-order valence-corrected chi connectivity index (χ3v) is 5.85. The number of anilines is 1. The van der Waals surface area contributed by atoms with E-state index in [2.05, 4.69) is 10.3 Å². The van der Waals surface area contributed by atoms with E-state index in [4.69, 9.17) is 4.74 Å². The molecule has 0 fully saturated rings. The largest absolute Gasteiger partial charge is 0.445 e. The third kappa shape index (κ3) is 3.56. The molecule has 3 aromatic rings. The maximum Gasteiger partial charge on any atom is 0.339 e. The molecular weight excluding hydrogens is 388 g/mol. The number of carbonyl (C=O) groups excluding carboxylic acids is 3. The van der Waals surface area contributed by atoms with Crippen LogP contribution in [0.4, 0.5) is 5.13 Å². The summed E-state index contributed by atoms with van der Waals surface area (Å²) in [5.41, 5.74) is 1.18. The molecule has 1 aromatic heterocycles. The maximum absolute atomic E-state index is 13.0.